The largest absolute Gasteiger partial charge is 0.456 e. The van der Waals surface area contributed by atoms with E-state index in [-0.39, 0.29) is 24.0 Å². The molecule has 4 N–H and O–H groups in total. The molecule has 3 aromatic rings. The molecular formula is C29H38N8O3. The monoisotopic (exact) mass is 546 g/mol. The van der Waals surface area contributed by atoms with Gasteiger partial charge in [0.25, 0.3) is 0 Å². The third kappa shape index (κ3) is 7.09. The van der Waals surface area contributed by atoms with Gasteiger partial charge in [-0.05, 0) is 70.8 Å². The summed E-state index contributed by atoms with van der Waals surface area (Å²) in [6, 6.07) is 9.49. The van der Waals surface area contributed by atoms with E-state index in [1.807, 2.05) is 24.8 Å². The second-order valence-corrected chi connectivity index (χ2v) is 10.8. The number of aromatic nitrogens is 3. The first-order valence-electron chi connectivity index (χ1n) is 14.0. The van der Waals surface area contributed by atoms with Gasteiger partial charge in [-0.25, -0.2) is 9.78 Å². The zero-order valence-corrected chi connectivity index (χ0v) is 23.3. The number of anilines is 2. The fourth-order valence-electron chi connectivity index (χ4n) is 4.85. The lowest BCUT2D eigenvalue weighted by molar-refractivity contribution is -0.127. The van der Waals surface area contributed by atoms with Crippen LogP contribution < -0.4 is 20.7 Å². The fourth-order valence-corrected chi connectivity index (χ4v) is 4.85. The maximum absolute atomic E-state index is 12.8. The summed E-state index contributed by atoms with van der Waals surface area (Å²) in [4.78, 5) is 33.4. The molecule has 1 aliphatic carbocycles. The van der Waals surface area contributed by atoms with Crippen LogP contribution in [0.15, 0.2) is 48.7 Å². The highest BCUT2D eigenvalue weighted by molar-refractivity contribution is 5.93. The normalized spacial score (nSPS) is 17.5. The molecule has 3 heterocycles. The van der Waals surface area contributed by atoms with Crippen molar-refractivity contribution in [1.29, 1.82) is 0 Å². The lowest BCUT2D eigenvalue weighted by Crippen LogP contribution is -2.44. The van der Waals surface area contributed by atoms with Gasteiger partial charge in [-0.3, -0.25) is 14.8 Å². The summed E-state index contributed by atoms with van der Waals surface area (Å²) in [6.07, 6.45) is 9.70. The Morgan fingerprint density at radius 3 is 2.75 bits per heavy atom. The molecule has 40 heavy (non-hydrogen) atoms. The standard InChI is InChI=1S/C29H38N8O3/c1-19(2)31-29(39)33-20-8-12-23(13-9-20)40-24-14-15-30-27-26(24)28(35-34-27)32-21-6-4-17-37(18-21)25(38)7-5-16-36(3)22-10-11-22/h5,7-9,12-15,19,21-22H,4,6,10-11,16-18H2,1-3H3,(H2,31,33,39)(H2,30,32,34,35)/t21-/m1/s1. The average molecular weight is 547 g/mol. The SMILES string of the molecule is CC(C)NC(=O)Nc1ccc(Oc2ccnc3[nH]nc(N[C@@H]4CCCN(C(=O)C=CCN(C)C5CC5)C4)c23)cc1. The van der Waals surface area contributed by atoms with Crippen LogP contribution in [0.5, 0.6) is 11.5 Å². The number of H-pyrrole nitrogens is 1. The topological polar surface area (TPSA) is 128 Å². The van der Waals surface area contributed by atoms with Crippen LogP contribution in [0.4, 0.5) is 16.3 Å². The number of ether oxygens (including phenoxy) is 1. The van der Waals surface area contributed by atoms with Crippen LogP contribution in [0.3, 0.4) is 0 Å². The zero-order valence-electron chi connectivity index (χ0n) is 23.3. The third-order valence-corrected chi connectivity index (χ3v) is 7.08. The average Bonchev–Trinajstić information content (AvgIpc) is 3.71. The van der Waals surface area contributed by atoms with Gasteiger partial charge in [0.2, 0.25) is 5.91 Å². The number of likely N-dealkylation sites (tertiary alicyclic amines) is 1. The van der Waals surface area contributed by atoms with Gasteiger partial charge in [-0.15, -0.1) is 0 Å². The van der Waals surface area contributed by atoms with Gasteiger partial charge < -0.3 is 25.6 Å². The zero-order chi connectivity index (χ0) is 28.1. The minimum Gasteiger partial charge on any atom is -0.456 e. The Kier molecular flexibility index (Phi) is 8.49. The van der Waals surface area contributed by atoms with Gasteiger partial charge in [0.1, 0.15) is 16.9 Å². The minimum absolute atomic E-state index is 0.0485. The lowest BCUT2D eigenvalue weighted by atomic mass is 10.1. The summed E-state index contributed by atoms with van der Waals surface area (Å²) in [6.45, 7) is 5.96. The number of nitrogens with one attached hydrogen (secondary N) is 4. The summed E-state index contributed by atoms with van der Waals surface area (Å²) in [5.74, 6) is 1.91. The molecule has 1 saturated carbocycles. The first kappa shape index (κ1) is 27.4. The van der Waals surface area contributed by atoms with E-state index in [0.29, 0.717) is 41.2 Å². The van der Waals surface area contributed by atoms with Crippen molar-refractivity contribution in [2.45, 2.75) is 57.7 Å². The smallest absolute Gasteiger partial charge is 0.319 e. The number of benzene rings is 1. The summed E-state index contributed by atoms with van der Waals surface area (Å²) in [7, 11) is 2.11. The van der Waals surface area contributed by atoms with Crippen molar-refractivity contribution >= 4 is 34.5 Å². The molecule has 0 bridgehead atoms. The number of hydrogen-bond acceptors (Lipinski definition) is 7. The Morgan fingerprint density at radius 2 is 2.00 bits per heavy atom. The number of nitrogens with zero attached hydrogens (tertiary/aromatic N) is 4. The van der Waals surface area contributed by atoms with E-state index in [4.69, 9.17) is 4.74 Å². The second kappa shape index (κ2) is 12.4. The molecule has 0 unspecified atom stereocenters. The lowest BCUT2D eigenvalue weighted by Gasteiger charge is -2.32. The van der Waals surface area contributed by atoms with E-state index in [1.54, 1.807) is 42.6 Å². The van der Waals surface area contributed by atoms with Crippen molar-refractivity contribution in [3.63, 3.8) is 0 Å². The number of amides is 3. The van der Waals surface area contributed by atoms with Crippen molar-refractivity contribution in [1.82, 2.24) is 30.3 Å². The predicted octanol–water partition coefficient (Wildman–Crippen LogP) is 4.33. The maximum Gasteiger partial charge on any atom is 0.319 e. The molecule has 11 heteroatoms. The van der Waals surface area contributed by atoms with Crippen molar-refractivity contribution in [2.24, 2.45) is 0 Å². The molecule has 5 rings (SSSR count). The Bertz CT molecular complexity index is 1350. The molecule has 2 fully saturated rings. The van der Waals surface area contributed by atoms with Gasteiger partial charge in [0.05, 0.1) is 0 Å². The second-order valence-electron chi connectivity index (χ2n) is 10.8. The quantitative estimate of drug-likeness (QED) is 0.279. The highest BCUT2D eigenvalue weighted by Gasteiger charge is 2.26. The Balaban J connectivity index is 1.22. The molecule has 0 radical (unpaired) electrons. The summed E-state index contributed by atoms with van der Waals surface area (Å²) >= 11 is 0. The van der Waals surface area contributed by atoms with Crippen LogP contribution >= 0.6 is 0 Å². The Hall–Kier alpha value is -4.12. The van der Waals surface area contributed by atoms with Gasteiger partial charge in [-0.2, -0.15) is 5.10 Å². The first-order chi connectivity index (χ1) is 19.4. The number of fused-ring (bicyclic) bond motifs is 1. The number of urea groups is 1. The first-order valence-corrected chi connectivity index (χ1v) is 14.0. The summed E-state index contributed by atoms with van der Waals surface area (Å²) in [5, 5.41) is 17.3. The molecule has 0 spiro atoms. The molecule has 1 aliphatic heterocycles. The van der Waals surface area contributed by atoms with Crippen molar-refractivity contribution in [2.75, 3.05) is 37.3 Å². The third-order valence-electron chi connectivity index (χ3n) is 7.08. The highest BCUT2D eigenvalue weighted by atomic mass is 16.5. The van der Waals surface area contributed by atoms with Gasteiger partial charge in [0, 0.05) is 61.8 Å². The number of rotatable bonds is 10. The van der Waals surface area contributed by atoms with Crippen LogP contribution in [0.2, 0.25) is 0 Å². The molecule has 3 amide bonds. The number of pyridine rings is 1. The number of aromatic amines is 1. The van der Waals surface area contributed by atoms with Crippen LogP contribution in [0.25, 0.3) is 11.0 Å². The van der Waals surface area contributed by atoms with Gasteiger partial charge in [0.15, 0.2) is 11.5 Å². The summed E-state index contributed by atoms with van der Waals surface area (Å²) < 4.78 is 6.20. The van der Waals surface area contributed by atoms with Crippen LogP contribution in [-0.4, -0.2) is 81.7 Å². The molecule has 1 atom stereocenters. The van der Waals surface area contributed by atoms with Crippen LogP contribution in [-0.2, 0) is 4.79 Å². The minimum atomic E-state index is -0.256. The molecule has 2 aliphatic rings. The van der Waals surface area contributed by atoms with E-state index in [1.165, 1.54) is 12.8 Å². The van der Waals surface area contributed by atoms with Crippen molar-refractivity contribution in [3.8, 4) is 11.5 Å². The predicted molar refractivity (Wildman–Crippen MR) is 156 cm³/mol. The maximum atomic E-state index is 12.8. The number of carbonyl (C=O) groups is 2. The van der Waals surface area contributed by atoms with Crippen molar-refractivity contribution < 1.29 is 14.3 Å². The number of hydrogen-bond donors (Lipinski definition) is 4. The molecule has 212 valence electrons. The Labute approximate surface area is 234 Å². The van der Waals surface area contributed by atoms with E-state index in [9.17, 15) is 9.59 Å². The van der Waals surface area contributed by atoms with E-state index < -0.39 is 0 Å². The highest BCUT2D eigenvalue weighted by Crippen LogP contribution is 2.34. The molecule has 11 nitrogen and oxygen atoms in total. The molecule has 1 aromatic carbocycles. The van der Waals surface area contributed by atoms with Gasteiger partial charge >= 0.3 is 6.03 Å². The van der Waals surface area contributed by atoms with E-state index in [0.717, 1.165) is 31.3 Å². The molecule has 1 saturated heterocycles. The van der Waals surface area contributed by atoms with E-state index in [2.05, 4.69) is 43.1 Å². The number of likely N-dealkylation sites (N-methyl/N-ethyl adjacent to an activating group) is 1. The molecular weight excluding hydrogens is 508 g/mol. The Morgan fingerprint density at radius 1 is 1.20 bits per heavy atom. The molecule has 2 aromatic heterocycles. The van der Waals surface area contributed by atoms with Crippen molar-refractivity contribution in [3.05, 3.63) is 48.7 Å². The van der Waals surface area contributed by atoms with Crippen LogP contribution in [0.1, 0.15) is 39.5 Å². The number of carbonyl (C=O) groups excluding carboxylic acids is 2. The van der Waals surface area contributed by atoms with E-state index >= 15 is 0 Å². The number of piperidine rings is 1. The summed E-state index contributed by atoms with van der Waals surface area (Å²) in [5.41, 5.74) is 1.27. The van der Waals surface area contributed by atoms with Gasteiger partial charge in [-0.1, -0.05) is 6.08 Å². The fraction of sp³-hybridized carbons (Fsp3) is 0.448. The van der Waals surface area contributed by atoms with Crippen LogP contribution in [0, 0.1) is 0 Å².